The van der Waals surface area contributed by atoms with Crippen LogP contribution < -0.4 is 16.4 Å². The Hall–Kier alpha value is -1.82. The van der Waals surface area contributed by atoms with Gasteiger partial charge < -0.3 is 16.4 Å². The summed E-state index contributed by atoms with van der Waals surface area (Å²) in [5.74, 6) is 0. The molecule has 1 aromatic carbocycles. The highest BCUT2D eigenvalue weighted by molar-refractivity contribution is 5.66. The lowest BCUT2D eigenvalue weighted by molar-refractivity contribution is -0.383. The van der Waals surface area contributed by atoms with E-state index >= 15 is 0 Å². The predicted molar refractivity (Wildman–Crippen MR) is 64.5 cm³/mol. The van der Waals surface area contributed by atoms with Crippen LogP contribution in [0, 0.1) is 10.1 Å². The lowest BCUT2D eigenvalue weighted by atomic mass is 10.2. The maximum absolute atomic E-state index is 10.6. The molecule has 6 nitrogen and oxygen atoms in total. The molecule has 88 valence electrons. The topological polar surface area (TPSA) is 98.4 Å². The van der Waals surface area contributed by atoms with Crippen LogP contribution in [0.4, 0.5) is 17.1 Å². The van der Waals surface area contributed by atoms with Crippen molar-refractivity contribution in [1.29, 1.82) is 0 Å². The average molecular weight is 224 g/mol. The first-order valence-electron chi connectivity index (χ1n) is 5.01. The Labute approximate surface area is 94.0 Å². The van der Waals surface area contributed by atoms with Crippen molar-refractivity contribution in [1.82, 2.24) is 0 Å². The lowest BCUT2D eigenvalue weighted by Gasteiger charge is -2.19. The van der Waals surface area contributed by atoms with Gasteiger partial charge in [0.25, 0.3) is 5.69 Å². The van der Waals surface area contributed by atoms with Gasteiger partial charge >= 0.3 is 0 Å². The van der Waals surface area contributed by atoms with Crippen molar-refractivity contribution in [2.75, 3.05) is 30.8 Å². The fourth-order valence-corrected chi connectivity index (χ4v) is 1.40. The number of nitrogens with two attached hydrogens (primary N) is 2. The van der Waals surface area contributed by atoms with Gasteiger partial charge in [-0.1, -0.05) is 0 Å². The van der Waals surface area contributed by atoms with E-state index < -0.39 is 4.92 Å². The summed E-state index contributed by atoms with van der Waals surface area (Å²) in [6, 6.07) is 4.71. The number of benzene rings is 1. The molecule has 0 spiro atoms. The average Bonchev–Trinajstić information content (AvgIpc) is 2.25. The number of nitro groups is 1. The summed E-state index contributed by atoms with van der Waals surface area (Å²) in [4.78, 5) is 12.0. The highest BCUT2D eigenvalue weighted by Crippen LogP contribution is 2.26. The molecule has 0 atom stereocenters. The molecule has 0 aromatic heterocycles. The zero-order valence-corrected chi connectivity index (χ0v) is 9.22. The summed E-state index contributed by atoms with van der Waals surface area (Å²) < 4.78 is 0. The Morgan fingerprint density at radius 2 is 2.19 bits per heavy atom. The van der Waals surface area contributed by atoms with Gasteiger partial charge in [0.05, 0.1) is 4.92 Å². The van der Waals surface area contributed by atoms with E-state index in [-0.39, 0.29) is 11.4 Å². The number of anilines is 2. The number of hydrogen-bond acceptors (Lipinski definition) is 5. The molecular weight excluding hydrogens is 208 g/mol. The van der Waals surface area contributed by atoms with Crippen molar-refractivity contribution >= 4 is 17.1 Å². The van der Waals surface area contributed by atoms with E-state index in [1.165, 1.54) is 6.07 Å². The van der Waals surface area contributed by atoms with Gasteiger partial charge in [-0.3, -0.25) is 10.1 Å². The fourth-order valence-electron chi connectivity index (χ4n) is 1.40. The number of nitro benzene ring substituents is 1. The van der Waals surface area contributed by atoms with Crippen LogP contribution in [0.1, 0.15) is 6.42 Å². The smallest absolute Gasteiger partial charge is 0.292 e. The first-order chi connectivity index (χ1) is 7.56. The Balaban J connectivity index is 2.84. The second-order valence-corrected chi connectivity index (χ2v) is 3.56. The molecule has 0 bridgehead atoms. The monoisotopic (exact) mass is 224 g/mol. The molecule has 16 heavy (non-hydrogen) atoms. The van der Waals surface area contributed by atoms with Gasteiger partial charge in [-0.05, 0) is 25.1 Å². The summed E-state index contributed by atoms with van der Waals surface area (Å²) in [5.41, 5.74) is 12.0. The van der Waals surface area contributed by atoms with Gasteiger partial charge in [-0.2, -0.15) is 0 Å². The molecule has 4 N–H and O–H groups in total. The summed E-state index contributed by atoms with van der Waals surface area (Å²) >= 11 is 0. The van der Waals surface area contributed by atoms with E-state index in [4.69, 9.17) is 11.5 Å². The minimum atomic E-state index is -0.487. The van der Waals surface area contributed by atoms with Crippen LogP contribution in [0.25, 0.3) is 0 Å². The summed E-state index contributed by atoms with van der Waals surface area (Å²) in [6.07, 6.45) is 0.868. The Morgan fingerprint density at radius 3 is 2.69 bits per heavy atom. The number of hydrogen-bond donors (Lipinski definition) is 2. The van der Waals surface area contributed by atoms with Crippen LogP contribution in [0.15, 0.2) is 18.2 Å². The van der Waals surface area contributed by atoms with E-state index in [2.05, 4.69) is 0 Å². The SMILES string of the molecule is CN(CCCN)c1ccc([N+](=O)[O-])c(N)c1. The third-order valence-electron chi connectivity index (χ3n) is 2.35. The van der Waals surface area contributed by atoms with Crippen LogP contribution in [-0.2, 0) is 0 Å². The molecule has 0 saturated carbocycles. The van der Waals surface area contributed by atoms with Crippen LogP contribution in [0.3, 0.4) is 0 Å². The lowest BCUT2D eigenvalue weighted by Crippen LogP contribution is -2.21. The van der Waals surface area contributed by atoms with Gasteiger partial charge in [0.15, 0.2) is 0 Å². The first kappa shape index (κ1) is 12.3. The molecule has 1 aromatic rings. The molecule has 6 heteroatoms. The van der Waals surface area contributed by atoms with Gasteiger partial charge in [0, 0.05) is 25.3 Å². The molecule has 0 amide bonds. The van der Waals surface area contributed by atoms with Crippen LogP contribution in [0.2, 0.25) is 0 Å². The van der Waals surface area contributed by atoms with E-state index in [9.17, 15) is 10.1 Å². The normalized spacial score (nSPS) is 10.1. The third kappa shape index (κ3) is 2.83. The van der Waals surface area contributed by atoms with Crippen molar-refractivity contribution < 1.29 is 4.92 Å². The summed E-state index contributed by atoms with van der Waals surface area (Å²) in [5, 5.41) is 10.6. The molecule has 1 rings (SSSR count). The number of rotatable bonds is 5. The Morgan fingerprint density at radius 1 is 1.50 bits per heavy atom. The molecule has 0 radical (unpaired) electrons. The maximum atomic E-state index is 10.6. The van der Waals surface area contributed by atoms with Crippen molar-refractivity contribution in [2.24, 2.45) is 5.73 Å². The molecule has 0 saturated heterocycles. The first-order valence-corrected chi connectivity index (χ1v) is 5.01. The number of nitrogen functional groups attached to an aromatic ring is 1. The van der Waals surface area contributed by atoms with E-state index in [1.807, 2.05) is 11.9 Å². The molecule has 0 aliphatic rings. The molecular formula is C10H16N4O2. The Bertz CT molecular complexity index is 381. The molecule has 0 unspecified atom stereocenters. The second kappa shape index (κ2) is 5.32. The van der Waals surface area contributed by atoms with E-state index in [0.29, 0.717) is 6.54 Å². The number of nitrogens with zero attached hydrogens (tertiary/aromatic N) is 2. The van der Waals surface area contributed by atoms with E-state index in [0.717, 1.165) is 18.7 Å². The highest BCUT2D eigenvalue weighted by Gasteiger charge is 2.12. The molecule has 0 fully saturated rings. The van der Waals surface area contributed by atoms with Gasteiger partial charge in [-0.25, -0.2) is 0 Å². The van der Waals surface area contributed by atoms with Crippen LogP contribution >= 0.6 is 0 Å². The zero-order valence-electron chi connectivity index (χ0n) is 9.22. The molecule has 0 heterocycles. The largest absolute Gasteiger partial charge is 0.393 e. The summed E-state index contributed by atoms with van der Waals surface area (Å²) in [6.45, 7) is 1.42. The molecule has 0 aliphatic carbocycles. The molecule has 0 aliphatic heterocycles. The predicted octanol–water partition coefficient (Wildman–Crippen LogP) is 0.962. The van der Waals surface area contributed by atoms with Gasteiger partial charge in [0.2, 0.25) is 0 Å². The fraction of sp³-hybridized carbons (Fsp3) is 0.400. The quantitative estimate of drug-likeness (QED) is 0.441. The zero-order chi connectivity index (χ0) is 12.1. The second-order valence-electron chi connectivity index (χ2n) is 3.56. The van der Waals surface area contributed by atoms with Crippen molar-refractivity contribution in [3.63, 3.8) is 0 Å². The van der Waals surface area contributed by atoms with Crippen molar-refractivity contribution in [3.05, 3.63) is 28.3 Å². The van der Waals surface area contributed by atoms with Crippen LogP contribution in [0.5, 0.6) is 0 Å². The van der Waals surface area contributed by atoms with E-state index in [1.54, 1.807) is 12.1 Å². The third-order valence-corrected chi connectivity index (χ3v) is 2.35. The van der Waals surface area contributed by atoms with Gasteiger partial charge in [0.1, 0.15) is 5.69 Å². The maximum Gasteiger partial charge on any atom is 0.292 e. The van der Waals surface area contributed by atoms with Crippen molar-refractivity contribution in [2.45, 2.75) is 6.42 Å². The minimum Gasteiger partial charge on any atom is -0.393 e. The minimum absolute atomic E-state index is 0.0593. The Kier molecular flexibility index (Phi) is 4.07. The van der Waals surface area contributed by atoms with Crippen molar-refractivity contribution in [3.8, 4) is 0 Å². The summed E-state index contributed by atoms with van der Waals surface area (Å²) in [7, 11) is 1.90. The van der Waals surface area contributed by atoms with Crippen LogP contribution in [-0.4, -0.2) is 25.1 Å². The standard InChI is InChI=1S/C10H16N4O2/c1-13(6-2-5-11)8-3-4-10(14(15)16)9(12)7-8/h3-4,7H,2,5-6,11-12H2,1H3. The van der Waals surface area contributed by atoms with Gasteiger partial charge in [-0.15, -0.1) is 0 Å². The highest BCUT2D eigenvalue weighted by atomic mass is 16.6.